The molecule has 25 heavy (non-hydrogen) atoms. The molecule has 0 N–H and O–H groups in total. The van der Waals surface area contributed by atoms with Crippen LogP contribution in [-0.4, -0.2) is 38.1 Å². The van der Waals surface area contributed by atoms with Gasteiger partial charge in [-0.3, -0.25) is 4.79 Å². The van der Waals surface area contributed by atoms with Gasteiger partial charge >= 0.3 is 0 Å². The highest BCUT2D eigenvalue weighted by atomic mass is 79.9. The third kappa shape index (κ3) is 4.07. The number of hydrogen-bond acceptors (Lipinski definition) is 3. The van der Waals surface area contributed by atoms with Crippen molar-refractivity contribution in [3.8, 4) is 0 Å². The molecule has 3 rings (SSSR count). The molecule has 0 aliphatic carbocycles. The van der Waals surface area contributed by atoms with Crippen LogP contribution in [0.25, 0.3) is 0 Å². The van der Waals surface area contributed by atoms with E-state index >= 15 is 0 Å². The van der Waals surface area contributed by atoms with Crippen LogP contribution in [0, 0.1) is 0 Å². The first-order chi connectivity index (χ1) is 11.9. The smallest absolute Gasteiger partial charge is 0.253 e. The number of carbonyl (C=O) groups excluding carboxylic acids is 1. The molecule has 0 unspecified atom stereocenters. The van der Waals surface area contributed by atoms with Crippen LogP contribution >= 0.6 is 27.5 Å². The molecule has 0 bridgehead atoms. The minimum Gasteiger partial charge on any atom is -0.338 e. The molecule has 1 atom stereocenters. The van der Waals surface area contributed by atoms with E-state index in [1.54, 1.807) is 47.4 Å². The Kier molecular flexibility index (Phi) is 5.51. The lowest BCUT2D eigenvalue weighted by atomic mass is 10.1. The van der Waals surface area contributed by atoms with Gasteiger partial charge in [-0.2, -0.15) is 0 Å². The normalized spacial score (nSPS) is 20.1. The summed E-state index contributed by atoms with van der Waals surface area (Å²) >= 11 is 9.55. The maximum absolute atomic E-state index is 12.7. The van der Waals surface area contributed by atoms with Crippen LogP contribution in [0.3, 0.4) is 0 Å². The van der Waals surface area contributed by atoms with Crippen LogP contribution in [0.1, 0.15) is 27.6 Å². The van der Waals surface area contributed by atoms with Crippen LogP contribution < -0.4 is 0 Å². The van der Waals surface area contributed by atoms with Gasteiger partial charge in [-0.05, 0) is 36.2 Å². The van der Waals surface area contributed by atoms with Crippen LogP contribution in [0.2, 0.25) is 5.02 Å². The molecule has 1 saturated heterocycles. The first kappa shape index (κ1) is 18.4. The van der Waals surface area contributed by atoms with Crippen molar-refractivity contribution in [2.45, 2.75) is 11.7 Å². The van der Waals surface area contributed by atoms with E-state index in [1.807, 2.05) is 6.07 Å². The topological polar surface area (TPSA) is 54.5 Å². The second-order valence-corrected chi connectivity index (χ2v) is 9.59. The lowest BCUT2D eigenvalue weighted by Gasteiger charge is -2.20. The van der Waals surface area contributed by atoms with Crippen LogP contribution in [0.5, 0.6) is 0 Å². The molecule has 1 fully saturated rings. The van der Waals surface area contributed by atoms with E-state index < -0.39 is 15.1 Å². The monoisotopic (exact) mass is 441 g/mol. The van der Waals surface area contributed by atoms with Gasteiger partial charge in [0.25, 0.3) is 5.91 Å². The van der Waals surface area contributed by atoms with E-state index in [2.05, 4.69) is 15.9 Å². The average Bonchev–Trinajstić information content (AvgIpc) is 2.73. The molecule has 4 nitrogen and oxygen atoms in total. The predicted octanol–water partition coefficient (Wildman–Crippen LogP) is 4.10. The predicted molar refractivity (Wildman–Crippen MR) is 103 cm³/mol. The fourth-order valence-electron chi connectivity index (χ4n) is 3.04. The Balaban J connectivity index is 1.85. The Hall–Kier alpha value is -1.37. The molecule has 7 heteroatoms. The van der Waals surface area contributed by atoms with Crippen molar-refractivity contribution in [3.63, 3.8) is 0 Å². The van der Waals surface area contributed by atoms with Gasteiger partial charge < -0.3 is 4.90 Å². The lowest BCUT2D eigenvalue weighted by molar-refractivity contribution is 0.0766. The van der Waals surface area contributed by atoms with Crippen LogP contribution in [0.15, 0.2) is 53.0 Å². The zero-order chi connectivity index (χ0) is 18.0. The minimum absolute atomic E-state index is 0.0668. The molecule has 0 aromatic heterocycles. The highest BCUT2D eigenvalue weighted by Crippen LogP contribution is 2.34. The molecule has 0 spiro atoms. The molecule has 0 saturated carbocycles. The summed E-state index contributed by atoms with van der Waals surface area (Å²) in [5.41, 5.74) is 1.16. The number of rotatable bonds is 2. The fourth-order valence-corrected chi connectivity index (χ4v) is 5.58. The Bertz CT molecular complexity index is 901. The molecule has 132 valence electrons. The van der Waals surface area contributed by atoms with E-state index in [9.17, 15) is 13.2 Å². The SMILES string of the molecule is O=C(c1cccc(Br)c1)N1CC[C@H](c2ccccc2Cl)S(=O)(=O)CC1. The van der Waals surface area contributed by atoms with E-state index in [0.29, 0.717) is 29.1 Å². The van der Waals surface area contributed by atoms with Crippen molar-refractivity contribution in [1.29, 1.82) is 0 Å². The van der Waals surface area contributed by atoms with Crippen molar-refractivity contribution in [2.75, 3.05) is 18.8 Å². The number of nitrogens with zero attached hydrogens (tertiary/aromatic N) is 1. The van der Waals surface area contributed by atoms with Gasteiger partial charge in [-0.25, -0.2) is 8.42 Å². The number of benzene rings is 2. The largest absolute Gasteiger partial charge is 0.338 e. The van der Waals surface area contributed by atoms with Gasteiger partial charge in [-0.1, -0.05) is 51.8 Å². The van der Waals surface area contributed by atoms with Crippen molar-refractivity contribution in [1.82, 2.24) is 4.90 Å². The Morgan fingerprint density at radius 2 is 1.88 bits per heavy atom. The van der Waals surface area contributed by atoms with E-state index in [-0.39, 0.29) is 18.2 Å². The van der Waals surface area contributed by atoms with Crippen LogP contribution in [0.4, 0.5) is 0 Å². The van der Waals surface area contributed by atoms with Crippen molar-refractivity contribution < 1.29 is 13.2 Å². The standard InChI is InChI=1S/C18H17BrClNO3S/c19-14-5-3-4-13(12-14)18(22)21-9-8-17(25(23,24)11-10-21)15-6-1-2-7-16(15)20/h1-7,12,17H,8-11H2/t17-/m1/s1. The Morgan fingerprint density at radius 3 is 2.60 bits per heavy atom. The third-order valence-electron chi connectivity index (χ3n) is 4.35. The summed E-state index contributed by atoms with van der Waals surface area (Å²) in [6, 6.07) is 14.1. The zero-order valence-corrected chi connectivity index (χ0v) is 16.5. The Morgan fingerprint density at radius 1 is 1.12 bits per heavy atom. The van der Waals surface area contributed by atoms with Gasteiger partial charge in [0.1, 0.15) is 0 Å². The lowest BCUT2D eigenvalue weighted by Crippen LogP contribution is -2.33. The Labute approximate surface area is 160 Å². The molecular formula is C18H17BrClNO3S. The zero-order valence-electron chi connectivity index (χ0n) is 13.4. The van der Waals surface area contributed by atoms with Crippen molar-refractivity contribution in [3.05, 3.63) is 69.2 Å². The average molecular weight is 443 g/mol. The summed E-state index contributed by atoms with van der Waals surface area (Å²) in [5.74, 6) is -0.223. The molecule has 1 aliphatic rings. The summed E-state index contributed by atoms with van der Waals surface area (Å²) in [6.07, 6.45) is 0.339. The highest BCUT2D eigenvalue weighted by molar-refractivity contribution is 9.10. The van der Waals surface area contributed by atoms with Gasteiger partial charge in [0.15, 0.2) is 9.84 Å². The van der Waals surface area contributed by atoms with E-state index in [1.165, 1.54) is 0 Å². The summed E-state index contributed by atoms with van der Waals surface area (Å²) in [4.78, 5) is 14.3. The maximum Gasteiger partial charge on any atom is 0.253 e. The minimum atomic E-state index is -3.38. The highest BCUT2D eigenvalue weighted by Gasteiger charge is 2.33. The fraction of sp³-hybridized carbons (Fsp3) is 0.278. The molecule has 1 amide bonds. The second kappa shape index (κ2) is 7.48. The number of halogens is 2. The first-order valence-corrected chi connectivity index (χ1v) is 10.8. The quantitative estimate of drug-likeness (QED) is 0.703. The maximum atomic E-state index is 12.7. The molecule has 1 heterocycles. The van der Waals surface area contributed by atoms with Crippen LogP contribution in [-0.2, 0) is 9.84 Å². The third-order valence-corrected chi connectivity index (χ3v) is 7.30. The summed E-state index contributed by atoms with van der Waals surface area (Å²) in [7, 11) is -3.38. The first-order valence-electron chi connectivity index (χ1n) is 7.89. The molecular weight excluding hydrogens is 426 g/mol. The van der Waals surface area contributed by atoms with E-state index in [4.69, 9.17) is 11.6 Å². The molecule has 1 aliphatic heterocycles. The van der Waals surface area contributed by atoms with Crippen molar-refractivity contribution in [2.24, 2.45) is 0 Å². The van der Waals surface area contributed by atoms with Crippen molar-refractivity contribution >= 4 is 43.3 Å². The number of sulfone groups is 1. The van der Waals surface area contributed by atoms with Gasteiger partial charge in [-0.15, -0.1) is 0 Å². The molecule has 2 aromatic rings. The molecule has 0 radical (unpaired) electrons. The number of amides is 1. The van der Waals surface area contributed by atoms with E-state index in [0.717, 1.165) is 4.47 Å². The second-order valence-electron chi connectivity index (χ2n) is 5.97. The number of hydrogen-bond donors (Lipinski definition) is 0. The van der Waals surface area contributed by atoms with Gasteiger partial charge in [0.05, 0.1) is 11.0 Å². The van der Waals surface area contributed by atoms with Gasteiger partial charge in [0, 0.05) is 28.1 Å². The summed E-state index contributed by atoms with van der Waals surface area (Å²) in [5, 5.41) is -0.232. The summed E-state index contributed by atoms with van der Waals surface area (Å²) < 4.78 is 26.2. The molecule has 2 aromatic carbocycles. The number of carbonyl (C=O) groups is 1. The van der Waals surface area contributed by atoms with Gasteiger partial charge in [0.2, 0.25) is 0 Å². The summed E-state index contributed by atoms with van der Waals surface area (Å²) in [6.45, 7) is 0.565.